The number of piperidine rings is 1. The molecule has 106 valence electrons. The second kappa shape index (κ2) is 6.34. The summed E-state index contributed by atoms with van der Waals surface area (Å²) >= 11 is 5.96. The molecule has 1 aromatic heterocycles. The first-order valence-corrected chi connectivity index (χ1v) is 7.04. The lowest BCUT2D eigenvalue weighted by atomic mass is 10.1. The average molecular weight is 285 g/mol. The SMILES string of the molecule is CCNc1nc(Cl)nc(N2CCCC(N(C)C)C2)n1. The number of nitrogens with one attached hydrogen (secondary N) is 1. The highest BCUT2D eigenvalue weighted by atomic mass is 35.5. The van der Waals surface area contributed by atoms with Gasteiger partial charge in [0.2, 0.25) is 17.2 Å². The minimum atomic E-state index is 0.243. The highest BCUT2D eigenvalue weighted by Gasteiger charge is 2.23. The Balaban J connectivity index is 2.16. The van der Waals surface area contributed by atoms with E-state index in [4.69, 9.17) is 11.6 Å². The van der Waals surface area contributed by atoms with Crippen molar-refractivity contribution < 1.29 is 0 Å². The molecule has 0 amide bonds. The van der Waals surface area contributed by atoms with Crippen LogP contribution in [0.15, 0.2) is 0 Å². The zero-order chi connectivity index (χ0) is 13.8. The third-order valence-electron chi connectivity index (χ3n) is 3.34. The predicted molar refractivity (Wildman–Crippen MR) is 77.9 cm³/mol. The Bertz CT molecular complexity index is 425. The zero-order valence-electron chi connectivity index (χ0n) is 11.7. The molecule has 1 aliphatic heterocycles. The van der Waals surface area contributed by atoms with Gasteiger partial charge in [0, 0.05) is 25.7 Å². The van der Waals surface area contributed by atoms with Crippen molar-refractivity contribution in [3.63, 3.8) is 0 Å². The van der Waals surface area contributed by atoms with Crippen LogP contribution in [0.1, 0.15) is 19.8 Å². The van der Waals surface area contributed by atoms with Crippen LogP contribution in [0.4, 0.5) is 11.9 Å². The van der Waals surface area contributed by atoms with Crippen molar-refractivity contribution in [2.45, 2.75) is 25.8 Å². The van der Waals surface area contributed by atoms with Crippen LogP contribution in [0.5, 0.6) is 0 Å². The van der Waals surface area contributed by atoms with Gasteiger partial charge in [-0.05, 0) is 45.5 Å². The molecule has 0 saturated carbocycles. The van der Waals surface area contributed by atoms with Crippen molar-refractivity contribution in [1.82, 2.24) is 19.9 Å². The Kier molecular flexibility index (Phi) is 4.76. The monoisotopic (exact) mass is 284 g/mol. The molecule has 0 spiro atoms. The molecule has 1 aromatic rings. The lowest BCUT2D eigenvalue weighted by Crippen LogP contribution is -2.45. The second-order valence-corrected chi connectivity index (χ2v) is 5.30. The Morgan fingerprint density at radius 3 is 2.84 bits per heavy atom. The predicted octanol–water partition coefficient (Wildman–Crippen LogP) is 1.49. The van der Waals surface area contributed by atoms with Crippen molar-refractivity contribution in [1.29, 1.82) is 0 Å². The van der Waals surface area contributed by atoms with E-state index in [1.165, 1.54) is 6.42 Å². The molecule has 7 heteroatoms. The van der Waals surface area contributed by atoms with E-state index >= 15 is 0 Å². The van der Waals surface area contributed by atoms with Gasteiger partial charge in [-0.25, -0.2) is 0 Å². The number of likely N-dealkylation sites (N-methyl/N-ethyl adjacent to an activating group) is 1. The molecule has 6 nitrogen and oxygen atoms in total. The molecular formula is C12H21ClN6. The van der Waals surface area contributed by atoms with Crippen LogP contribution in [-0.2, 0) is 0 Å². The fraction of sp³-hybridized carbons (Fsp3) is 0.750. The molecule has 1 atom stereocenters. The van der Waals surface area contributed by atoms with Gasteiger partial charge in [-0.2, -0.15) is 15.0 Å². The van der Waals surface area contributed by atoms with Gasteiger partial charge in [-0.15, -0.1) is 0 Å². The number of aromatic nitrogens is 3. The smallest absolute Gasteiger partial charge is 0.231 e. The number of nitrogens with zero attached hydrogens (tertiary/aromatic N) is 5. The number of hydrogen-bond acceptors (Lipinski definition) is 6. The topological polar surface area (TPSA) is 57.2 Å². The molecule has 0 bridgehead atoms. The number of hydrogen-bond donors (Lipinski definition) is 1. The lowest BCUT2D eigenvalue weighted by Gasteiger charge is -2.36. The minimum Gasteiger partial charge on any atom is -0.354 e. The van der Waals surface area contributed by atoms with Crippen molar-refractivity contribution in [2.75, 3.05) is 43.9 Å². The number of anilines is 2. The third-order valence-corrected chi connectivity index (χ3v) is 3.51. The molecule has 1 saturated heterocycles. The van der Waals surface area contributed by atoms with Crippen molar-refractivity contribution in [2.24, 2.45) is 0 Å². The first-order valence-electron chi connectivity index (χ1n) is 6.67. The van der Waals surface area contributed by atoms with Crippen LogP contribution in [0, 0.1) is 0 Å². The van der Waals surface area contributed by atoms with Crippen LogP contribution in [0.2, 0.25) is 5.28 Å². The molecule has 0 aromatic carbocycles. The number of halogens is 1. The summed E-state index contributed by atoms with van der Waals surface area (Å²) in [7, 11) is 4.22. The van der Waals surface area contributed by atoms with E-state index < -0.39 is 0 Å². The highest BCUT2D eigenvalue weighted by Crippen LogP contribution is 2.20. The molecule has 1 aliphatic rings. The maximum Gasteiger partial charge on any atom is 0.231 e. The summed E-state index contributed by atoms with van der Waals surface area (Å²) in [4.78, 5) is 17.2. The van der Waals surface area contributed by atoms with E-state index in [9.17, 15) is 0 Å². The summed E-state index contributed by atoms with van der Waals surface area (Å²) in [5.74, 6) is 1.21. The molecule has 1 unspecified atom stereocenters. The summed E-state index contributed by atoms with van der Waals surface area (Å²) in [6.45, 7) is 4.66. The van der Waals surface area contributed by atoms with Crippen molar-refractivity contribution >= 4 is 23.5 Å². The average Bonchev–Trinajstić information content (AvgIpc) is 2.38. The molecule has 1 fully saturated rings. The zero-order valence-corrected chi connectivity index (χ0v) is 12.5. The first kappa shape index (κ1) is 14.3. The molecule has 2 rings (SSSR count). The maximum absolute atomic E-state index is 5.96. The van der Waals surface area contributed by atoms with Crippen molar-refractivity contribution in [3.8, 4) is 0 Å². The standard InChI is InChI=1S/C12H21ClN6/c1-4-14-11-15-10(13)16-12(17-11)19-7-5-6-9(8-19)18(2)3/h9H,4-8H2,1-3H3,(H,14,15,16,17). The van der Waals surface area contributed by atoms with Gasteiger partial charge in [0.05, 0.1) is 0 Å². The second-order valence-electron chi connectivity index (χ2n) is 4.96. The van der Waals surface area contributed by atoms with E-state index in [0.717, 1.165) is 26.1 Å². The van der Waals surface area contributed by atoms with Crippen LogP contribution in [-0.4, -0.2) is 59.6 Å². The Labute approximate surface area is 119 Å². The summed E-state index contributed by atoms with van der Waals surface area (Å²) in [6.07, 6.45) is 2.35. The van der Waals surface area contributed by atoms with Crippen LogP contribution in [0.3, 0.4) is 0 Å². The molecule has 0 radical (unpaired) electrons. The molecular weight excluding hydrogens is 264 g/mol. The summed E-state index contributed by atoms with van der Waals surface area (Å²) in [5.41, 5.74) is 0. The van der Waals surface area contributed by atoms with E-state index in [1.807, 2.05) is 6.92 Å². The number of rotatable bonds is 4. The van der Waals surface area contributed by atoms with Gasteiger partial charge in [-0.1, -0.05) is 0 Å². The van der Waals surface area contributed by atoms with Gasteiger partial charge in [0.1, 0.15) is 0 Å². The quantitative estimate of drug-likeness (QED) is 0.904. The first-order chi connectivity index (χ1) is 9.10. The fourth-order valence-corrected chi connectivity index (χ4v) is 2.43. The van der Waals surface area contributed by atoms with Gasteiger partial charge in [0.15, 0.2) is 0 Å². The minimum absolute atomic E-state index is 0.243. The van der Waals surface area contributed by atoms with Gasteiger partial charge in [-0.3, -0.25) is 0 Å². The van der Waals surface area contributed by atoms with Gasteiger partial charge < -0.3 is 15.1 Å². The largest absolute Gasteiger partial charge is 0.354 e. The Morgan fingerprint density at radius 2 is 2.16 bits per heavy atom. The summed E-state index contributed by atoms with van der Waals surface area (Å²) < 4.78 is 0. The van der Waals surface area contributed by atoms with Crippen molar-refractivity contribution in [3.05, 3.63) is 5.28 Å². The Hall–Kier alpha value is -1.14. The van der Waals surface area contributed by atoms with E-state index in [-0.39, 0.29) is 5.28 Å². The molecule has 19 heavy (non-hydrogen) atoms. The van der Waals surface area contributed by atoms with E-state index in [2.05, 4.69) is 44.2 Å². The molecule has 0 aliphatic carbocycles. The van der Waals surface area contributed by atoms with E-state index in [0.29, 0.717) is 17.9 Å². The highest BCUT2D eigenvalue weighted by molar-refractivity contribution is 6.28. The molecule has 1 N–H and O–H groups in total. The maximum atomic E-state index is 5.96. The lowest BCUT2D eigenvalue weighted by molar-refractivity contribution is 0.257. The summed E-state index contributed by atoms with van der Waals surface area (Å²) in [5, 5.41) is 3.32. The normalized spacial score (nSPS) is 19.8. The Morgan fingerprint density at radius 1 is 1.37 bits per heavy atom. The van der Waals surface area contributed by atoms with Gasteiger partial charge >= 0.3 is 0 Å². The summed E-state index contributed by atoms with van der Waals surface area (Å²) in [6, 6.07) is 0.534. The van der Waals surface area contributed by atoms with Crippen LogP contribution >= 0.6 is 11.6 Å². The van der Waals surface area contributed by atoms with Gasteiger partial charge in [0.25, 0.3) is 0 Å². The fourth-order valence-electron chi connectivity index (χ4n) is 2.28. The van der Waals surface area contributed by atoms with E-state index in [1.54, 1.807) is 0 Å². The third kappa shape index (κ3) is 3.67. The van der Waals surface area contributed by atoms with Crippen LogP contribution in [0.25, 0.3) is 0 Å². The van der Waals surface area contributed by atoms with Crippen LogP contribution < -0.4 is 10.2 Å². The molecule has 2 heterocycles.